The van der Waals surface area contributed by atoms with Crippen molar-refractivity contribution in [2.24, 2.45) is 5.92 Å². The van der Waals surface area contributed by atoms with E-state index in [2.05, 4.69) is 18.7 Å². The molecule has 1 unspecified atom stereocenters. The first-order chi connectivity index (χ1) is 3.43. The monoisotopic (exact) mass is 116 g/mol. The molecular formula is C6H12S. The van der Waals surface area contributed by atoms with Crippen molar-refractivity contribution in [2.75, 3.05) is 11.5 Å². The molecule has 0 bridgehead atoms. The third kappa shape index (κ3) is 1.37. The summed E-state index contributed by atoms with van der Waals surface area (Å²) in [7, 11) is 0. The van der Waals surface area contributed by atoms with E-state index in [1.165, 1.54) is 24.3 Å². The lowest BCUT2D eigenvalue weighted by Gasteiger charge is -1.98. The summed E-state index contributed by atoms with van der Waals surface area (Å²) in [5.41, 5.74) is 0. The van der Waals surface area contributed by atoms with Gasteiger partial charge < -0.3 is 0 Å². The minimum absolute atomic E-state index is 1.06. The van der Waals surface area contributed by atoms with Crippen LogP contribution in [0.5, 0.6) is 0 Å². The molecule has 7 heavy (non-hydrogen) atoms. The first-order valence-electron chi connectivity index (χ1n) is 3.01. The summed E-state index contributed by atoms with van der Waals surface area (Å²) in [5.74, 6) is 3.90. The highest BCUT2D eigenvalue weighted by atomic mass is 32.2. The van der Waals surface area contributed by atoms with Gasteiger partial charge in [-0.3, -0.25) is 0 Å². The van der Waals surface area contributed by atoms with Crippen LogP contribution in [0.1, 0.15) is 19.8 Å². The van der Waals surface area contributed by atoms with E-state index >= 15 is 0 Å². The largest absolute Gasteiger partial charge is 0.162 e. The van der Waals surface area contributed by atoms with E-state index < -0.39 is 0 Å². The van der Waals surface area contributed by atoms with E-state index in [1.807, 2.05) is 0 Å². The van der Waals surface area contributed by atoms with Gasteiger partial charge in [-0.15, -0.1) is 0 Å². The maximum atomic E-state index is 2.29. The number of hydrogen-bond acceptors (Lipinski definition) is 1. The Hall–Kier alpha value is 0.350. The fourth-order valence-electron chi connectivity index (χ4n) is 0.905. The van der Waals surface area contributed by atoms with Gasteiger partial charge in [0.15, 0.2) is 0 Å². The molecule has 1 fully saturated rings. The topological polar surface area (TPSA) is 0 Å². The molecule has 1 aliphatic rings. The molecule has 0 saturated carbocycles. The molecule has 1 heteroatoms. The van der Waals surface area contributed by atoms with Gasteiger partial charge in [0.1, 0.15) is 0 Å². The van der Waals surface area contributed by atoms with Gasteiger partial charge in [-0.2, -0.15) is 11.8 Å². The van der Waals surface area contributed by atoms with Gasteiger partial charge >= 0.3 is 0 Å². The van der Waals surface area contributed by atoms with Crippen LogP contribution in [0.15, 0.2) is 0 Å². The van der Waals surface area contributed by atoms with Crippen molar-refractivity contribution in [1.82, 2.24) is 0 Å². The minimum atomic E-state index is 1.06. The van der Waals surface area contributed by atoms with Crippen LogP contribution in [0.25, 0.3) is 0 Å². The summed E-state index contributed by atoms with van der Waals surface area (Å²) in [4.78, 5) is 0. The summed E-state index contributed by atoms with van der Waals surface area (Å²) in [5, 5.41) is 0. The van der Waals surface area contributed by atoms with Crippen LogP contribution in [-0.2, 0) is 0 Å². The van der Waals surface area contributed by atoms with Crippen LogP contribution in [-0.4, -0.2) is 11.5 Å². The highest BCUT2D eigenvalue weighted by Gasteiger charge is 2.11. The molecule has 0 N–H and O–H groups in total. The molecule has 1 rings (SSSR count). The fourth-order valence-corrected chi connectivity index (χ4v) is 2.31. The average Bonchev–Trinajstić information content (AvgIpc) is 2.14. The van der Waals surface area contributed by atoms with Crippen molar-refractivity contribution in [1.29, 1.82) is 0 Å². The van der Waals surface area contributed by atoms with E-state index in [4.69, 9.17) is 0 Å². The zero-order chi connectivity index (χ0) is 5.11. The lowest BCUT2D eigenvalue weighted by molar-refractivity contribution is 0.578. The Labute approximate surface area is 49.7 Å². The second-order valence-corrected chi connectivity index (χ2v) is 3.29. The first kappa shape index (κ1) is 5.49. The smallest absolute Gasteiger partial charge is 0.00389 e. The third-order valence-electron chi connectivity index (χ3n) is 1.60. The van der Waals surface area contributed by atoms with E-state index in [9.17, 15) is 0 Å². The third-order valence-corrected chi connectivity index (χ3v) is 2.83. The van der Waals surface area contributed by atoms with E-state index in [1.54, 1.807) is 0 Å². The quantitative estimate of drug-likeness (QED) is 0.506. The molecule has 1 heterocycles. The molecule has 1 aliphatic heterocycles. The maximum Gasteiger partial charge on any atom is -0.00389 e. The standard InChI is InChI=1S/C6H12S/c1-2-6-3-4-7-5-6/h6H,2-5H2,1H3. The van der Waals surface area contributed by atoms with E-state index in [-0.39, 0.29) is 0 Å². The molecule has 0 aromatic carbocycles. The van der Waals surface area contributed by atoms with Crippen molar-refractivity contribution in [3.05, 3.63) is 0 Å². The molecule has 1 saturated heterocycles. The first-order valence-corrected chi connectivity index (χ1v) is 4.16. The van der Waals surface area contributed by atoms with Crippen LogP contribution >= 0.6 is 11.8 Å². The van der Waals surface area contributed by atoms with Gasteiger partial charge in [-0.1, -0.05) is 13.3 Å². The van der Waals surface area contributed by atoms with Gasteiger partial charge in [0.05, 0.1) is 0 Å². The van der Waals surface area contributed by atoms with Crippen molar-refractivity contribution in [3.8, 4) is 0 Å². The van der Waals surface area contributed by atoms with Gasteiger partial charge in [0.25, 0.3) is 0 Å². The molecule has 1 atom stereocenters. The summed E-state index contributed by atoms with van der Waals surface area (Å²) >= 11 is 2.11. The zero-order valence-electron chi connectivity index (χ0n) is 4.81. The van der Waals surface area contributed by atoms with Gasteiger partial charge in [-0.05, 0) is 23.8 Å². The Bertz CT molecular complexity index is 46.1. The van der Waals surface area contributed by atoms with Gasteiger partial charge in [0.2, 0.25) is 0 Å². The average molecular weight is 116 g/mol. The minimum Gasteiger partial charge on any atom is -0.162 e. The van der Waals surface area contributed by atoms with Crippen molar-refractivity contribution < 1.29 is 0 Å². The highest BCUT2D eigenvalue weighted by Crippen LogP contribution is 2.25. The lowest BCUT2D eigenvalue weighted by atomic mass is 10.1. The number of thioether (sulfide) groups is 1. The normalized spacial score (nSPS) is 31.3. The predicted molar refractivity (Wildman–Crippen MR) is 35.7 cm³/mol. The highest BCUT2D eigenvalue weighted by molar-refractivity contribution is 7.99. The second kappa shape index (κ2) is 2.61. The fraction of sp³-hybridized carbons (Fsp3) is 1.00. The zero-order valence-corrected chi connectivity index (χ0v) is 5.63. The Morgan fingerprint density at radius 3 is 2.86 bits per heavy atom. The van der Waals surface area contributed by atoms with Crippen LogP contribution in [0.3, 0.4) is 0 Å². The van der Waals surface area contributed by atoms with Crippen LogP contribution < -0.4 is 0 Å². The van der Waals surface area contributed by atoms with Crippen molar-refractivity contribution in [3.63, 3.8) is 0 Å². The molecule has 42 valence electrons. The predicted octanol–water partition coefficient (Wildman–Crippen LogP) is 2.15. The summed E-state index contributed by atoms with van der Waals surface area (Å²) in [6.07, 6.45) is 2.87. The molecule has 0 radical (unpaired) electrons. The van der Waals surface area contributed by atoms with Gasteiger partial charge in [-0.25, -0.2) is 0 Å². The molecule has 0 aromatic heterocycles. The Balaban J connectivity index is 2.14. The summed E-state index contributed by atoms with van der Waals surface area (Å²) < 4.78 is 0. The van der Waals surface area contributed by atoms with E-state index in [0.717, 1.165) is 5.92 Å². The van der Waals surface area contributed by atoms with Crippen molar-refractivity contribution in [2.45, 2.75) is 19.8 Å². The Morgan fingerprint density at radius 1 is 1.71 bits per heavy atom. The van der Waals surface area contributed by atoms with E-state index in [0.29, 0.717) is 0 Å². The lowest BCUT2D eigenvalue weighted by Crippen LogP contribution is -1.92. The molecular weight excluding hydrogens is 104 g/mol. The SMILES string of the molecule is CCC1CCSC1. The maximum absolute atomic E-state index is 2.29. The summed E-state index contributed by atoms with van der Waals surface area (Å²) in [6, 6.07) is 0. The van der Waals surface area contributed by atoms with Crippen molar-refractivity contribution >= 4 is 11.8 Å². The summed E-state index contributed by atoms with van der Waals surface area (Å²) in [6.45, 7) is 2.29. The van der Waals surface area contributed by atoms with Crippen LogP contribution in [0, 0.1) is 5.92 Å². The molecule has 0 aromatic rings. The second-order valence-electron chi connectivity index (χ2n) is 2.14. The Morgan fingerprint density at radius 2 is 2.57 bits per heavy atom. The molecule has 0 spiro atoms. The van der Waals surface area contributed by atoms with Crippen LogP contribution in [0.2, 0.25) is 0 Å². The number of hydrogen-bond donors (Lipinski definition) is 0. The molecule has 0 nitrogen and oxygen atoms in total. The van der Waals surface area contributed by atoms with Gasteiger partial charge in [0, 0.05) is 0 Å². The molecule has 0 aliphatic carbocycles. The van der Waals surface area contributed by atoms with Crippen LogP contribution in [0.4, 0.5) is 0 Å². The number of rotatable bonds is 1. The Kier molecular flexibility index (Phi) is 2.04. The molecule has 0 amide bonds.